The number of aliphatic hydroxyl groups is 1. The van der Waals surface area contributed by atoms with E-state index in [0.717, 1.165) is 16.1 Å². The van der Waals surface area contributed by atoms with Gasteiger partial charge in [-0.2, -0.15) is 9.29 Å². The van der Waals surface area contributed by atoms with Crippen molar-refractivity contribution < 1.29 is 45.4 Å². The molecule has 17 heteroatoms. The van der Waals surface area contributed by atoms with E-state index in [1.807, 2.05) is 44.2 Å². The van der Waals surface area contributed by atoms with Gasteiger partial charge in [0.1, 0.15) is 11.6 Å². The maximum Gasteiger partial charge on any atom is 0.407 e. The highest BCUT2D eigenvalue weighted by Gasteiger charge is 2.42. The Morgan fingerprint density at radius 1 is 1.13 bits per heavy atom. The van der Waals surface area contributed by atoms with E-state index in [4.69, 9.17) is 18.6 Å². The van der Waals surface area contributed by atoms with E-state index >= 15 is 0 Å². The van der Waals surface area contributed by atoms with Crippen LogP contribution in [0, 0.1) is 5.92 Å². The SMILES string of the molecule is CC(C)CN(CC(O)C(Cc1ccccc1)NC(=O)OC1COC2OCCNC12)S(=O)(=O)c1ccc2nc(NS(C)(=O)=O)oc2c1. The number of benzene rings is 2. The van der Waals surface area contributed by atoms with Crippen LogP contribution >= 0.6 is 0 Å². The number of aliphatic hydroxyl groups excluding tert-OH is 1. The van der Waals surface area contributed by atoms with Gasteiger partial charge in [0.05, 0.1) is 42.6 Å². The lowest BCUT2D eigenvalue weighted by Crippen LogP contribution is -2.54. The summed E-state index contributed by atoms with van der Waals surface area (Å²) in [5.41, 5.74) is 1.12. The lowest BCUT2D eigenvalue weighted by atomic mass is 10.0. The van der Waals surface area contributed by atoms with Crippen LogP contribution in [-0.4, -0.2) is 107 Å². The molecule has 0 saturated carbocycles. The normalized spacial score (nSPS) is 21.7. The number of aromatic nitrogens is 1. The van der Waals surface area contributed by atoms with E-state index in [2.05, 4.69) is 20.3 Å². The number of carbonyl (C=O) groups excluding carboxylic acids is 1. The van der Waals surface area contributed by atoms with E-state index in [1.165, 1.54) is 18.2 Å². The summed E-state index contributed by atoms with van der Waals surface area (Å²) in [6, 6.07) is 11.6. The van der Waals surface area contributed by atoms with Crippen LogP contribution in [0.25, 0.3) is 11.1 Å². The topological polar surface area (TPSA) is 199 Å². The molecule has 15 nitrogen and oxygen atoms in total. The Bertz CT molecular complexity index is 1720. The minimum absolute atomic E-state index is 0.0552. The fraction of sp³-hybridized carbons (Fsp3) is 0.517. The summed E-state index contributed by atoms with van der Waals surface area (Å²) in [5.74, 6) is -0.118. The summed E-state index contributed by atoms with van der Waals surface area (Å²) in [6.45, 7) is 4.61. The third-order valence-corrected chi connectivity index (χ3v) is 9.81. The minimum Gasteiger partial charge on any atom is -0.442 e. The van der Waals surface area contributed by atoms with Crippen molar-refractivity contribution in [3.05, 3.63) is 54.1 Å². The predicted molar refractivity (Wildman–Crippen MR) is 167 cm³/mol. The lowest BCUT2D eigenvalue weighted by Gasteiger charge is -2.31. The average molecular weight is 682 g/mol. The van der Waals surface area contributed by atoms with Gasteiger partial charge < -0.3 is 34.4 Å². The molecule has 2 aliphatic rings. The zero-order valence-electron chi connectivity index (χ0n) is 25.7. The first-order valence-corrected chi connectivity index (χ1v) is 18.2. The Labute approximate surface area is 267 Å². The Balaban J connectivity index is 1.35. The van der Waals surface area contributed by atoms with Crippen molar-refractivity contribution in [3.8, 4) is 0 Å². The smallest absolute Gasteiger partial charge is 0.407 e. The number of nitrogens with zero attached hydrogens (tertiary/aromatic N) is 2. The molecule has 2 aliphatic heterocycles. The van der Waals surface area contributed by atoms with Crippen LogP contribution < -0.4 is 15.4 Å². The van der Waals surface area contributed by atoms with Gasteiger partial charge in [-0.15, -0.1) is 0 Å². The number of nitrogens with one attached hydrogen (secondary N) is 3. The van der Waals surface area contributed by atoms with E-state index in [-0.39, 0.29) is 60.1 Å². The van der Waals surface area contributed by atoms with Gasteiger partial charge in [-0.25, -0.2) is 26.4 Å². The molecule has 5 atom stereocenters. The number of ether oxygens (including phenoxy) is 3. The average Bonchev–Trinajstić information content (AvgIpc) is 3.58. The number of morpholine rings is 1. The fourth-order valence-electron chi connectivity index (χ4n) is 5.36. The summed E-state index contributed by atoms with van der Waals surface area (Å²) in [7, 11) is -7.88. The van der Waals surface area contributed by atoms with Crippen molar-refractivity contribution in [2.45, 2.75) is 55.7 Å². The minimum atomic E-state index is -4.21. The quantitative estimate of drug-likeness (QED) is 0.202. The molecule has 2 saturated heterocycles. The van der Waals surface area contributed by atoms with Gasteiger partial charge in [0.25, 0.3) is 0 Å². The number of carbonyl (C=O) groups is 1. The molecule has 0 radical (unpaired) electrons. The van der Waals surface area contributed by atoms with E-state index in [9.17, 15) is 26.7 Å². The highest BCUT2D eigenvalue weighted by Crippen LogP contribution is 2.26. The van der Waals surface area contributed by atoms with Crippen LogP contribution in [0.1, 0.15) is 19.4 Å². The maximum atomic E-state index is 13.9. The van der Waals surface area contributed by atoms with Crippen LogP contribution in [0.15, 0.2) is 57.8 Å². The lowest BCUT2D eigenvalue weighted by molar-refractivity contribution is -0.137. The van der Waals surface area contributed by atoms with Crippen molar-refractivity contribution in [3.63, 3.8) is 0 Å². The monoisotopic (exact) mass is 681 g/mol. The third-order valence-electron chi connectivity index (χ3n) is 7.44. The second-order valence-corrected chi connectivity index (χ2v) is 15.4. The molecule has 3 heterocycles. The molecule has 252 valence electrons. The van der Waals surface area contributed by atoms with Crippen LogP contribution in [-0.2, 0) is 40.7 Å². The number of amides is 1. The number of fused-ring (bicyclic) bond motifs is 2. The molecule has 4 N–H and O–H groups in total. The molecular formula is C29H39N5O10S2. The molecule has 5 rings (SSSR count). The highest BCUT2D eigenvalue weighted by atomic mass is 32.2. The largest absolute Gasteiger partial charge is 0.442 e. The van der Waals surface area contributed by atoms with Crippen LogP contribution in [0.5, 0.6) is 0 Å². The van der Waals surface area contributed by atoms with Crippen LogP contribution in [0.2, 0.25) is 0 Å². The van der Waals surface area contributed by atoms with Gasteiger partial charge in [0.2, 0.25) is 20.0 Å². The van der Waals surface area contributed by atoms with Crippen molar-refractivity contribution >= 4 is 43.3 Å². The summed E-state index contributed by atoms with van der Waals surface area (Å²) in [6.07, 6.45) is -2.13. The van der Waals surface area contributed by atoms with Crippen LogP contribution in [0.4, 0.5) is 10.8 Å². The first-order chi connectivity index (χ1) is 21.8. The van der Waals surface area contributed by atoms with Crippen molar-refractivity contribution in [1.29, 1.82) is 0 Å². The zero-order chi connectivity index (χ0) is 33.1. The van der Waals surface area contributed by atoms with Gasteiger partial charge in [-0.1, -0.05) is 44.2 Å². The Kier molecular flexibility index (Phi) is 10.5. The van der Waals surface area contributed by atoms with E-state index < -0.39 is 50.7 Å². The molecule has 0 bridgehead atoms. The summed E-state index contributed by atoms with van der Waals surface area (Å²) in [5, 5.41) is 17.5. The summed E-state index contributed by atoms with van der Waals surface area (Å²) in [4.78, 5) is 17.0. The van der Waals surface area contributed by atoms with Gasteiger partial charge >= 0.3 is 12.1 Å². The standard InChI is InChI=1S/C29H39N5O10S2/c1-18(2)15-34(46(39,40)20-9-10-21-24(14-20)43-28(31-21)33-45(3,37)38)16-23(35)22(13-19-7-5-4-6-8-19)32-29(36)44-25-17-42-27-26(25)30-11-12-41-27/h4-10,14,18,22-23,25-27,30,35H,11-13,15-17H2,1-3H3,(H,31,33)(H,32,36). The Morgan fingerprint density at radius 3 is 2.61 bits per heavy atom. The second kappa shape index (κ2) is 14.2. The number of hydrogen-bond donors (Lipinski definition) is 4. The Hall–Kier alpha value is -3.32. The van der Waals surface area contributed by atoms with Gasteiger partial charge in [0, 0.05) is 25.7 Å². The number of hydrogen-bond acceptors (Lipinski definition) is 12. The second-order valence-electron chi connectivity index (χ2n) is 11.7. The highest BCUT2D eigenvalue weighted by molar-refractivity contribution is 7.92. The van der Waals surface area contributed by atoms with Gasteiger partial charge in [-0.05, 0) is 30.0 Å². The number of sulfonamides is 2. The van der Waals surface area contributed by atoms with Gasteiger partial charge in [-0.3, -0.25) is 0 Å². The fourth-order valence-corrected chi connectivity index (χ4v) is 7.41. The molecule has 1 aromatic heterocycles. The predicted octanol–water partition coefficient (Wildman–Crippen LogP) is 1.26. The molecule has 2 aromatic carbocycles. The van der Waals surface area contributed by atoms with E-state index in [0.29, 0.717) is 13.2 Å². The third kappa shape index (κ3) is 8.52. The zero-order valence-corrected chi connectivity index (χ0v) is 27.3. The number of alkyl carbamates (subject to hydrolysis) is 1. The maximum absolute atomic E-state index is 13.9. The molecule has 2 fully saturated rings. The first kappa shape index (κ1) is 34.0. The number of oxazole rings is 1. The first-order valence-electron chi connectivity index (χ1n) is 14.8. The molecule has 3 aromatic rings. The number of anilines is 1. The molecular weight excluding hydrogens is 642 g/mol. The molecule has 0 aliphatic carbocycles. The number of rotatable bonds is 13. The summed E-state index contributed by atoms with van der Waals surface area (Å²) < 4.78 is 76.6. The molecule has 0 spiro atoms. The Morgan fingerprint density at radius 2 is 1.89 bits per heavy atom. The van der Waals surface area contributed by atoms with Crippen LogP contribution in [0.3, 0.4) is 0 Å². The van der Waals surface area contributed by atoms with Gasteiger partial charge in [0.15, 0.2) is 11.9 Å². The van der Waals surface area contributed by atoms with Crippen molar-refractivity contribution in [2.24, 2.45) is 5.92 Å². The summed E-state index contributed by atoms with van der Waals surface area (Å²) >= 11 is 0. The van der Waals surface area contributed by atoms with Crippen molar-refractivity contribution in [2.75, 3.05) is 43.8 Å². The van der Waals surface area contributed by atoms with Crippen molar-refractivity contribution in [1.82, 2.24) is 19.9 Å². The molecule has 46 heavy (non-hydrogen) atoms. The van der Waals surface area contributed by atoms with E-state index in [1.54, 1.807) is 0 Å². The molecule has 1 amide bonds. The molecule has 5 unspecified atom stereocenters.